The summed E-state index contributed by atoms with van der Waals surface area (Å²) < 4.78 is 5.67. The molecular weight excluding hydrogens is 1560 g/mol. The second-order valence-electron chi connectivity index (χ2n) is 19.9. The van der Waals surface area contributed by atoms with E-state index in [-0.39, 0.29) is 67.1 Å². The van der Waals surface area contributed by atoms with Crippen LogP contribution in [0.25, 0.3) is 0 Å². The molecule has 6 aromatic rings. The van der Waals surface area contributed by atoms with Crippen LogP contribution in [0.2, 0.25) is 0 Å². The summed E-state index contributed by atoms with van der Waals surface area (Å²) in [5.41, 5.74) is 1.75. The minimum atomic E-state index is -1.13. The molecule has 20 nitrogen and oxygen atoms in total. The van der Waals surface area contributed by atoms with Gasteiger partial charge in [0.05, 0.1) is 0 Å². The summed E-state index contributed by atoms with van der Waals surface area (Å²) in [5, 5.41) is 122. The highest BCUT2D eigenvalue weighted by Crippen LogP contribution is 2.44. The molecule has 0 aliphatic rings. The molecular formula is C49H70B4I4N10O10P4. The summed E-state index contributed by atoms with van der Waals surface area (Å²) in [5.74, 6) is 0.117. The summed E-state index contributed by atoms with van der Waals surface area (Å²) in [4.78, 5) is 4.42. The van der Waals surface area contributed by atoms with Crippen molar-refractivity contribution in [1.29, 1.82) is 0 Å². The molecule has 436 valence electrons. The second kappa shape index (κ2) is 32.3. The van der Waals surface area contributed by atoms with Gasteiger partial charge in [-0.1, -0.05) is 80.9 Å². The Morgan fingerprint density at radius 2 is 0.778 bits per heavy atom. The van der Waals surface area contributed by atoms with E-state index >= 15 is 0 Å². The van der Waals surface area contributed by atoms with Gasteiger partial charge in [0.2, 0.25) is 11.8 Å². The predicted molar refractivity (Wildman–Crippen MR) is 372 cm³/mol. The first-order chi connectivity index (χ1) is 38.4. The van der Waals surface area contributed by atoms with Gasteiger partial charge in [0.1, 0.15) is 26.6 Å². The first-order valence-corrected chi connectivity index (χ1v) is 38.2. The van der Waals surface area contributed by atoms with Crippen molar-refractivity contribution in [1.82, 2.24) is 49.3 Å². The van der Waals surface area contributed by atoms with Crippen LogP contribution in [0.5, 0.6) is 58.5 Å². The maximum atomic E-state index is 11.4. The van der Waals surface area contributed by atoms with E-state index in [0.717, 1.165) is 22.3 Å². The van der Waals surface area contributed by atoms with Crippen molar-refractivity contribution in [3.63, 3.8) is 0 Å². The first kappa shape index (κ1) is 68.3. The molecule has 0 saturated carbocycles. The molecule has 2 aromatic carbocycles. The number of hydrogen-bond donors (Lipinski definition) is 14. The Labute approximate surface area is 536 Å². The van der Waals surface area contributed by atoms with E-state index in [9.17, 15) is 51.1 Å². The monoisotopic (exact) mass is 1630 g/mol. The Bertz CT molecular complexity index is 2680. The number of nitrogens with zero attached hydrogens (tertiary/aromatic N) is 6. The Balaban J connectivity index is 1.14. The van der Waals surface area contributed by atoms with Crippen molar-refractivity contribution < 1.29 is 51.1 Å². The molecule has 32 heteroatoms. The van der Waals surface area contributed by atoms with Crippen LogP contribution >= 0.6 is 118 Å². The molecule has 4 atom stereocenters. The summed E-state index contributed by atoms with van der Waals surface area (Å²) in [6.45, 7) is 12.8. The maximum Gasteiger partial charge on any atom is 0.278 e. The fraction of sp³-hybridized carbons (Fsp3) is 0.429. The number of phenolic OH excluding ortho intramolecular Hbond substituents is 2. The number of rotatable bonds is 34. The number of aromatic hydroxyl groups is 10. The molecule has 6 rings (SSSR count). The zero-order chi connectivity index (χ0) is 59.3. The number of nitrogens with one attached hydrogen (secondary N) is 4. The summed E-state index contributed by atoms with van der Waals surface area (Å²) >= 11 is 8.41. The Hall–Kier alpha value is -1.78. The lowest BCUT2D eigenvalue weighted by molar-refractivity contribution is 0.258. The summed E-state index contributed by atoms with van der Waals surface area (Å²) in [6, 6.07) is 17.4. The van der Waals surface area contributed by atoms with Crippen LogP contribution in [-0.2, 0) is 44.7 Å². The van der Waals surface area contributed by atoms with Gasteiger partial charge in [-0.25, -0.2) is 0 Å². The van der Waals surface area contributed by atoms with E-state index in [1.165, 1.54) is 30.4 Å². The number of hydrogen-bond acceptors (Lipinski definition) is 16. The third kappa shape index (κ3) is 18.6. The molecule has 0 spiro atoms. The van der Waals surface area contributed by atoms with Crippen LogP contribution in [0.3, 0.4) is 0 Å². The lowest BCUT2D eigenvalue weighted by atomic mass is 9.77. The molecule has 0 aliphatic carbocycles. The van der Waals surface area contributed by atoms with Gasteiger partial charge >= 0.3 is 0 Å². The van der Waals surface area contributed by atoms with Gasteiger partial charge in [-0.15, -0.1) is 44.7 Å². The lowest BCUT2D eigenvalue weighted by Crippen LogP contribution is -2.38. The van der Waals surface area contributed by atoms with Crippen molar-refractivity contribution in [2.45, 2.75) is 58.5 Å². The van der Waals surface area contributed by atoms with E-state index in [1.807, 2.05) is 68.3 Å². The minimum absolute atomic E-state index is 0.0104. The standard InChI is InChI=1S/C49H70B4I4N10O10P4/c1-49(2,33-3-5-37(68)31(23-33)29-62(15-7-58-11-19-64-41(70)25-35(45(64)74)52(54)78)17-9-60-13-21-66-43(72)27-39(47(66)76)80(50)56)34-4-6-38(69)32(24-34)30-63(16-8-59-12-20-65-42(71)26-36(46(65)75)53(55)79)18-10-61-14-22-67-44(73)28-40(48(67)77)81(51)57/h3-6,23-28,58-61,68-77H,7-22,29-30,78-79H2,1-2H3. The molecule has 0 fully saturated rings. The number of aromatic nitrogens is 4. The summed E-state index contributed by atoms with van der Waals surface area (Å²) in [7, 11) is 17.3. The van der Waals surface area contributed by atoms with Crippen LogP contribution in [0.1, 0.15) is 36.1 Å². The Kier molecular flexibility index (Phi) is 27.2. The molecule has 4 radical (unpaired) electrons. The van der Waals surface area contributed by atoms with Gasteiger partial charge in [-0.2, -0.15) is 18.2 Å². The molecule has 0 bridgehead atoms. The van der Waals surface area contributed by atoms with Gasteiger partial charge in [-0.05, 0) is 47.5 Å². The Morgan fingerprint density at radius 3 is 1.05 bits per heavy atom. The van der Waals surface area contributed by atoms with Crippen LogP contribution in [-0.4, -0.2) is 181 Å². The second-order valence-corrected chi connectivity index (χ2v) is 35.1. The highest BCUT2D eigenvalue weighted by atomic mass is 127. The zero-order valence-corrected chi connectivity index (χ0v) is 57.8. The average molecular weight is 1630 g/mol. The van der Waals surface area contributed by atoms with Crippen LogP contribution in [0.4, 0.5) is 0 Å². The van der Waals surface area contributed by atoms with Gasteiger partial charge in [0.15, 0.2) is 35.3 Å². The number of benzene rings is 2. The quantitative estimate of drug-likeness (QED) is 0.0117. The van der Waals surface area contributed by atoms with Crippen LogP contribution in [0.15, 0.2) is 60.7 Å². The van der Waals surface area contributed by atoms with E-state index in [2.05, 4.69) is 108 Å². The van der Waals surface area contributed by atoms with Crippen molar-refractivity contribution in [2.24, 2.45) is 0 Å². The van der Waals surface area contributed by atoms with E-state index < -0.39 is 16.3 Å². The smallest absolute Gasteiger partial charge is 0.278 e. The van der Waals surface area contributed by atoms with Gasteiger partial charge in [0.25, 0.3) is 8.58 Å². The zero-order valence-electron chi connectivity index (χ0n) is 45.0. The van der Waals surface area contributed by atoms with Crippen LogP contribution in [0, 0.1) is 0 Å². The van der Waals surface area contributed by atoms with Gasteiger partial charge < -0.3 is 72.3 Å². The number of phenols is 2. The fourth-order valence-corrected chi connectivity index (χ4v) is 14.0. The molecule has 4 aromatic heterocycles. The molecule has 0 amide bonds. The van der Waals surface area contributed by atoms with Gasteiger partial charge in [0, 0.05) is 168 Å². The fourth-order valence-electron chi connectivity index (χ4n) is 9.32. The van der Waals surface area contributed by atoms with E-state index in [1.54, 1.807) is 24.3 Å². The maximum absolute atomic E-state index is 11.4. The molecule has 4 heterocycles. The van der Waals surface area contributed by atoms with E-state index in [0.29, 0.717) is 139 Å². The topological polar surface area (TPSA) is 277 Å². The van der Waals surface area contributed by atoms with Crippen molar-refractivity contribution >= 4 is 163 Å². The third-order valence-corrected chi connectivity index (χ3v) is 20.9. The molecule has 0 saturated heterocycles. The van der Waals surface area contributed by atoms with Crippen molar-refractivity contribution in [3.8, 4) is 58.5 Å². The first-order valence-electron chi connectivity index (χ1n) is 26.0. The number of halogens is 4. The molecule has 81 heavy (non-hydrogen) atoms. The highest BCUT2D eigenvalue weighted by Gasteiger charge is 2.27. The third-order valence-electron chi connectivity index (χ3n) is 14.1. The average Bonchev–Trinajstić information content (AvgIpc) is 4.12. The van der Waals surface area contributed by atoms with Crippen molar-refractivity contribution in [3.05, 3.63) is 82.9 Å². The normalized spacial score (nSPS) is 12.8. The SMILES string of the molecule is [B]P(I)c1cc(O)n(CCNCCN(CCNCCn2c(O)cc(B(P)I)c2O)Cc2cc(C(C)(C)c3ccc(O)c(CN(CCNCCn4c(O)cc(B(P)I)c4O)CCNCCn4c(O)cc(P([B])I)c4O)c3)ccc2O)c1O. The van der Waals surface area contributed by atoms with E-state index in [4.69, 9.17) is 15.1 Å². The van der Waals surface area contributed by atoms with Crippen LogP contribution < -0.4 is 42.8 Å². The van der Waals surface area contributed by atoms with Gasteiger partial charge in [-0.3, -0.25) is 28.1 Å². The van der Waals surface area contributed by atoms with Crippen molar-refractivity contribution in [2.75, 3.05) is 78.5 Å². The summed E-state index contributed by atoms with van der Waals surface area (Å²) in [6.07, 6.45) is 0. The lowest BCUT2D eigenvalue weighted by Gasteiger charge is -2.30. The molecule has 0 aliphatic heterocycles. The minimum Gasteiger partial charge on any atom is -0.508 e. The highest BCUT2D eigenvalue weighted by molar-refractivity contribution is 14.2. The molecule has 14 N–H and O–H groups in total. The molecule has 4 unspecified atom stereocenters. The largest absolute Gasteiger partial charge is 0.508 e. The Morgan fingerprint density at radius 1 is 0.481 bits per heavy atom. The predicted octanol–water partition coefficient (Wildman–Crippen LogP) is 4.13.